The number of hydrogen-bond acceptors (Lipinski definition) is 0. The molecule has 0 aliphatic heterocycles. The fraction of sp³-hybridized carbons (Fsp3) is 0.714. The summed E-state index contributed by atoms with van der Waals surface area (Å²) in [7, 11) is 0. The Labute approximate surface area is 2720 Å². The van der Waals surface area contributed by atoms with Crippen LogP contribution in [0.2, 0.25) is 0 Å². The molecule has 0 heterocycles. The summed E-state index contributed by atoms with van der Waals surface area (Å²) in [6.07, 6.45) is 4.08. The molecule has 85 heteroatoms. The van der Waals surface area contributed by atoms with Crippen molar-refractivity contribution in [1.29, 1.82) is 0 Å². The van der Waals surface area contributed by atoms with Gasteiger partial charge in [0.1, 0.15) is 0 Å². The average Bonchev–Trinajstić information content (AvgIpc) is 1.41. The van der Waals surface area contributed by atoms with Gasteiger partial charge >= 0.3 is 0 Å². The molecule has 0 saturated heterocycles. The zero-order valence-electron chi connectivity index (χ0n) is 55.2. The van der Waals surface area contributed by atoms with Gasteiger partial charge in [-0.25, -0.2) is 0 Å². The van der Waals surface area contributed by atoms with Crippen LogP contribution in [0.1, 0.15) is 33.1 Å². The molecule has 92 heavy (non-hydrogen) atoms. The molecule has 0 aliphatic rings. The molecule has 0 unspecified atom stereocenters. The van der Waals surface area contributed by atoms with Crippen LogP contribution in [0.5, 0.6) is 0 Å². The first kappa shape index (κ1) is 663. The van der Waals surface area contributed by atoms with E-state index >= 15 is 0 Å². The summed E-state index contributed by atoms with van der Waals surface area (Å²) in [4.78, 5) is 0. The molecule has 0 atom stereocenters. The van der Waals surface area contributed by atoms with Crippen LogP contribution in [0.4, 0.5) is 0 Å². The molecule has 0 amide bonds. The van der Waals surface area contributed by atoms with Crippen LogP contribution in [0.3, 0.4) is 0 Å². The van der Waals surface area contributed by atoms with Gasteiger partial charge in [0.15, 0.2) is 0 Å². The van der Waals surface area contributed by atoms with E-state index in [1.54, 1.807) is 0 Å². The van der Waals surface area contributed by atoms with Crippen LogP contribution < -0.4 is 0 Å². The Morgan fingerprint density at radius 1 is 0.0761 bits per heavy atom. The normalized spacial score (nSPS) is 0.457. The maximum atomic E-state index is 2.21. The van der Waals surface area contributed by atoms with Gasteiger partial charge in [0, 0.05) is 2780 Å². The van der Waals surface area contributed by atoms with E-state index in [2.05, 4.69) is 13.8 Å². The maximum Gasteiger partial charge on any atom is 0 e. The van der Waals surface area contributed by atoms with Crippen molar-refractivity contribution >= 4 is 0 Å². The second kappa shape index (κ2) is 666. The molecular formula is C7H18Y85-2. The van der Waals surface area contributed by atoms with Crippen molar-refractivity contribution in [3.8, 4) is 0 Å². The number of unbranched alkanes of at least 4 members (excludes halogenated alkanes) is 2. The van der Waals surface area contributed by atoms with Crippen molar-refractivity contribution in [1.82, 2.24) is 0 Å². The van der Waals surface area contributed by atoms with E-state index in [-0.39, 0.29) is 2800 Å². The molecule has 0 nitrogen and oxygen atoms in total. The van der Waals surface area contributed by atoms with Crippen LogP contribution in [-0.2, 0) is 2780 Å². The summed E-state index contributed by atoms with van der Waals surface area (Å²) in [5.41, 5.74) is 0. The first-order valence-electron chi connectivity index (χ1n) is 2.41. The smallest absolute Gasteiger partial charge is 0 e. The van der Waals surface area contributed by atoms with Crippen molar-refractivity contribution in [2.45, 2.75) is 33.1 Å². The first-order chi connectivity index (χ1) is 2.41. The minimum Gasteiger partial charge on any atom is -0.358 e. The van der Waals surface area contributed by atoms with Gasteiger partial charge in [0.25, 0.3) is 0 Å². The Hall–Kier alpha value is 93.8. The molecule has 0 N–H and O–H groups in total. The standard InChI is InChI=1S/C5H12.2CH3.85Y/c1-3-5-4-2;;;;;;;;;;;;;;;;;;;;;;;;;;;;;;;;;;;;;;;;;;;;;;;;;;;;;;;;;;;;;;;;;;;;;;;;;;;;;;;;;;;;;;;/h3-5H2,1-2H3;2*1H3;;;;;;;;;;;;;;;;;;;;;;;;;;;;;;;;;;;;;;;;;;;;;;;;;;;;;;;;;;;;;;;;;;;;;;;;;;;;;;;;;;;;;/q;2*-1;;;;;;;;;;;;;;;;;;;;;;;;;;;;;;;;;;;;;;;;;;;;;;;;;;;;;;;;;;;;;;;;;;;;;;;;;;;;;;;;;;;;;. The molecule has 0 aliphatic carbocycles. The molecule has 0 rings (SSSR count). The van der Waals surface area contributed by atoms with Crippen molar-refractivity contribution < 1.29 is 2780 Å². The third-order valence-electron chi connectivity index (χ3n) is 0.707. The minimum atomic E-state index is 0. The SMILES string of the molecule is CCCCC.[CH3-].[CH3-].[Y].[Y].[Y].[Y].[Y].[Y].[Y].[Y].[Y].[Y].[Y].[Y].[Y].[Y].[Y].[Y].[Y].[Y].[Y].[Y].[Y].[Y].[Y].[Y].[Y].[Y].[Y].[Y].[Y].[Y].[Y].[Y].[Y].[Y].[Y].[Y].[Y].[Y].[Y].[Y].[Y].[Y].[Y].[Y].[Y].[Y].[Y].[Y].[Y].[Y].[Y].[Y].[Y].[Y].[Y].[Y].[Y].[Y].[Y].[Y].[Y].[Y].[Y].[Y].[Y].[Y].[Y].[Y].[Y].[Y].[Y].[Y].[Y].[Y].[Y].[Y].[Y].[Y].[Y].[Y].[Y].[Y].[Y].[Y].[Y]. The fourth-order valence-corrected chi connectivity index (χ4v) is 0.354. The zero-order chi connectivity index (χ0) is 4.12. The molecule has 0 fully saturated rings. The third kappa shape index (κ3) is 669. The Morgan fingerprint density at radius 2 is 0.0978 bits per heavy atom. The zero-order valence-corrected chi connectivity index (χ0v) is 296. The van der Waals surface area contributed by atoms with Gasteiger partial charge in [-0.3, -0.25) is 0 Å². The summed E-state index contributed by atoms with van der Waals surface area (Å²) in [5, 5.41) is 0. The van der Waals surface area contributed by atoms with Gasteiger partial charge in [-0.15, -0.1) is 0 Å². The van der Waals surface area contributed by atoms with Gasteiger partial charge in [-0.05, 0) is 0 Å². The summed E-state index contributed by atoms with van der Waals surface area (Å²) in [6.45, 7) is 4.42. The molecular weight excluding hydrogens is 7640 g/mol. The quantitative estimate of drug-likeness (QED) is 0.374. The fourth-order valence-electron chi connectivity index (χ4n) is 0.354. The maximum absolute atomic E-state index is 2.21. The van der Waals surface area contributed by atoms with Crippen LogP contribution in [-0.4, -0.2) is 0 Å². The van der Waals surface area contributed by atoms with E-state index in [1.807, 2.05) is 0 Å². The summed E-state index contributed by atoms with van der Waals surface area (Å²) in [6, 6.07) is 0. The van der Waals surface area contributed by atoms with Gasteiger partial charge in [0.2, 0.25) is 0 Å². The van der Waals surface area contributed by atoms with Crippen molar-refractivity contribution in [2.24, 2.45) is 0 Å². The molecule has 0 spiro atoms. The van der Waals surface area contributed by atoms with E-state index in [1.165, 1.54) is 19.3 Å². The van der Waals surface area contributed by atoms with Crippen LogP contribution >= 0.6 is 0 Å². The predicted molar refractivity (Wildman–Crippen MR) is 38.0 cm³/mol. The van der Waals surface area contributed by atoms with Crippen LogP contribution in [0.15, 0.2) is 0 Å². The molecule has 303 valence electrons. The van der Waals surface area contributed by atoms with Gasteiger partial charge < -0.3 is 14.9 Å². The predicted octanol–water partition coefficient (Wildman–Crippen LogP) is 2.88. The summed E-state index contributed by atoms with van der Waals surface area (Å²) < 4.78 is 0. The Kier molecular flexibility index (Phi) is 4800. The summed E-state index contributed by atoms with van der Waals surface area (Å²) in [5.74, 6) is 0. The van der Waals surface area contributed by atoms with Gasteiger partial charge in [-0.1, -0.05) is 33.1 Å². The molecule has 0 aromatic rings. The van der Waals surface area contributed by atoms with Crippen molar-refractivity contribution in [3.05, 3.63) is 14.9 Å². The van der Waals surface area contributed by atoms with E-state index in [0.29, 0.717) is 0 Å². The largest absolute Gasteiger partial charge is 0.358 e. The summed E-state index contributed by atoms with van der Waals surface area (Å²) >= 11 is 0. The van der Waals surface area contributed by atoms with Crippen molar-refractivity contribution in [2.75, 3.05) is 0 Å². The van der Waals surface area contributed by atoms with Crippen LogP contribution in [0.25, 0.3) is 0 Å². The Morgan fingerprint density at radius 3 is 0.0978 bits per heavy atom. The number of hydrogen-bond donors (Lipinski definition) is 0. The molecule has 85 radical (unpaired) electrons. The molecule has 0 aromatic carbocycles. The second-order valence-electron chi connectivity index (χ2n) is 1.35. The van der Waals surface area contributed by atoms with E-state index in [4.69, 9.17) is 0 Å². The topological polar surface area (TPSA) is 0 Å². The number of rotatable bonds is 2. The van der Waals surface area contributed by atoms with Gasteiger partial charge in [0.05, 0.1) is 0 Å². The molecule has 0 aromatic heterocycles. The average molecular weight is 7660 g/mol. The van der Waals surface area contributed by atoms with Gasteiger partial charge in [-0.2, -0.15) is 0 Å². The third-order valence-corrected chi connectivity index (χ3v) is 0.707. The first-order valence-corrected chi connectivity index (χ1v) is 2.41. The van der Waals surface area contributed by atoms with Crippen LogP contribution in [0, 0.1) is 14.9 Å². The molecule has 0 saturated carbocycles. The Balaban J connectivity index is -0.0000000000214. The van der Waals surface area contributed by atoms with Crippen molar-refractivity contribution in [3.63, 3.8) is 0 Å². The monoisotopic (exact) mass is 7660 g/mol. The minimum absolute atomic E-state index is 0. The van der Waals surface area contributed by atoms with E-state index in [0.717, 1.165) is 0 Å². The van der Waals surface area contributed by atoms with E-state index < -0.39 is 0 Å². The second-order valence-corrected chi connectivity index (χ2v) is 1.35. The van der Waals surface area contributed by atoms with E-state index in [9.17, 15) is 0 Å². The Bertz CT molecular complexity index is 43.2. The molecule has 0 bridgehead atoms.